The van der Waals surface area contributed by atoms with Crippen LogP contribution >= 0.6 is 0 Å². The molecular formula is C39H42F2N4O5S. The lowest BCUT2D eigenvalue weighted by atomic mass is 9.75. The first kappa shape index (κ1) is 34.9. The molecule has 2 aliphatic heterocycles. The van der Waals surface area contributed by atoms with Gasteiger partial charge in [0.1, 0.15) is 11.6 Å². The van der Waals surface area contributed by atoms with Crippen molar-refractivity contribution in [3.05, 3.63) is 94.9 Å². The lowest BCUT2D eigenvalue weighted by Gasteiger charge is -2.31. The molecule has 0 spiro atoms. The number of esters is 1. The van der Waals surface area contributed by atoms with Crippen molar-refractivity contribution in [3.8, 4) is 22.9 Å². The number of ether oxygens (including phenoxy) is 2. The number of cyclic esters (lactones) is 1. The molecule has 5 aromatic rings. The molecule has 1 N–H and O–H groups in total. The van der Waals surface area contributed by atoms with Crippen LogP contribution in [0.4, 0.5) is 8.78 Å². The fraction of sp³-hybridized carbons (Fsp3) is 0.410. The summed E-state index contributed by atoms with van der Waals surface area (Å²) >= 11 is 0. The highest BCUT2D eigenvalue weighted by molar-refractivity contribution is 7.91. The highest BCUT2D eigenvalue weighted by Crippen LogP contribution is 2.41. The average Bonchev–Trinajstić information content (AvgIpc) is 3.81. The van der Waals surface area contributed by atoms with Gasteiger partial charge in [-0.3, -0.25) is 4.79 Å². The molecule has 0 saturated carbocycles. The van der Waals surface area contributed by atoms with Crippen molar-refractivity contribution in [3.63, 3.8) is 0 Å². The van der Waals surface area contributed by atoms with E-state index in [-0.39, 0.29) is 52.7 Å². The van der Waals surface area contributed by atoms with Crippen LogP contribution in [-0.2, 0) is 44.7 Å². The van der Waals surface area contributed by atoms with Gasteiger partial charge in [0.15, 0.2) is 33.1 Å². The molecule has 0 radical (unpaired) electrons. The number of aryl methyl sites for hydroxylation is 2. The second-order valence-corrected chi connectivity index (χ2v) is 17.2. The zero-order valence-corrected chi connectivity index (χ0v) is 30.1. The van der Waals surface area contributed by atoms with Gasteiger partial charge < -0.3 is 14.5 Å². The summed E-state index contributed by atoms with van der Waals surface area (Å²) in [6.45, 7) is 6.38. The fourth-order valence-electron chi connectivity index (χ4n) is 7.64. The van der Waals surface area contributed by atoms with E-state index >= 15 is 8.78 Å². The van der Waals surface area contributed by atoms with E-state index in [0.717, 1.165) is 11.1 Å². The third-order valence-electron chi connectivity index (χ3n) is 10.4. The van der Waals surface area contributed by atoms with Crippen LogP contribution in [0.1, 0.15) is 69.0 Å². The Balaban J connectivity index is 1.34. The predicted octanol–water partition coefficient (Wildman–Crippen LogP) is 7.61. The number of carbonyl (C=O) groups excluding carboxylic acids is 1. The molecule has 9 nitrogen and oxygen atoms in total. The lowest BCUT2D eigenvalue weighted by Crippen LogP contribution is -2.29. The third kappa shape index (κ3) is 7.02. The van der Waals surface area contributed by atoms with Crippen LogP contribution in [0.3, 0.4) is 0 Å². The minimum Gasteiger partial charge on any atom is -0.465 e. The predicted molar refractivity (Wildman–Crippen MR) is 190 cm³/mol. The van der Waals surface area contributed by atoms with Crippen molar-refractivity contribution in [1.29, 1.82) is 0 Å². The summed E-state index contributed by atoms with van der Waals surface area (Å²) in [7, 11) is -1.88. The second kappa shape index (κ2) is 13.2. The van der Waals surface area contributed by atoms with Crippen LogP contribution in [0.25, 0.3) is 22.3 Å². The number of benzene rings is 3. The number of sulfone groups is 1. The monoisotopic (exact) mass is 716 g/mol. The summed E-state index contributed by atoms with van der Waals surface area (Å²) in [6, 6.07) is 15.2. The lowest BCUT2D eigenvalue weighted by molar-refractivity contribution is -0.141. The maximum Gasteiger partial charge on any atom is 0.309 e. The fourth-order valence-corrected chi connectivity index (χ4v) is 9.64. The summed E-state index contributed by atoms with van der Waals surface area (Å²) in [5, 5.41) is 5.50. The van der Waals surface area contributed by atoms with Gasteiger partial charge in [-0.25, -0.2) is 26.9 Å². The van der Waals surface area contributed by atoms with E-state index in [1.165, 1.54) is 28.9 Å². The number of nitrogens with one attached hydrogen (secondary N) is 1. The number of aromatic nitrogens is 4. The first-order chi connectivity index (χ1) is 24.2. The normalized spacial score (nSPS) is 22.1. The average molecular weight is 717 g/mol. The van der Waals surface area contributed by atoms with E-state index in [2.05, 4.69) is 18.0 Å². The van der Waals surface area contributed by atoms with Gasteiger partial charge in [0.05, 0.1) is 35.0 Å². The topological polar surface area (TPSA) is 116 Å². The maximum absolute atomic E-state index is 15.7. The molecule has 2 aliphatic rings. The molecule has 51 heavy (non-hydrogen) atoms. The van der Waals surface area contributed by atoms with Gasteiger partial charge in [0, 0.05) is 35.8 Å². The van der Waals surface area contributed by atoms with E-state index in [4.69, 9.17) is 19.6 Å². The van der Waals surface area contributed by atoms with Crippen molar-refractivity contribution in [2.24, 2.45) is 18.4 Å². The molecule has 0 aliphatic carbocycles. The zero-order chi connectivity index (χ0) is 36.1. The SMILES string of the molecule is Cn1nc2nc1-c1cc(ccc1F)Oc1c(F)cc3[nH]ccc3c1CCS(=O)(=O)CC(C)(C)CCCC2(C)c1cccc(CC2CCOC2=O)c1. The molecule has 2 atom stereocenters. The molecule has 268 valence electrons. The van der Waals surface area contributed by atoms with Crippen molar-refractivity contribution in [2.75, 3.05) is 18.1 Å². The van der Waals surface area contributed by atoms with E-state index in [1.807, 2.05) is 32.0 Å². The number of nitrogens with zero attached hydrogens (tertiary/aromatic N) is 3. The number of rotatable bonds is 3. The molecule has 0 amide bonds. The number of hydrogen-bond acceptors (Lipinski definition) is 7. The molecule has 3 aromatic carbocycles. The van der Waals surface area contributed by atoms with Gasteiger partial charge in [-0.05, 0) is 79.8 Å². The number of hydrogen-bond donors (Lipinski definition) is 1. The Labute approximate surface area is 296 Å². The van der Waals surface area contributed by atoms with Crippen LogP contribution in [0.5, 0.6) is 11.5 Å². The van der Waals surface area contributed by atoms with Crippen molar-refractivity contribution < 1.29 is 31.5 Å². The maximum atomic E-state index is 15.7. The highest BCUT2D eigenvalue weighted by Gasteiger charge is 2.37. The quantitative estimate of drug-likeness (QED) is 0.191. The number of carbonyl (C=O) groups is 1. The Hall–Kier alpha value is -4.58. The van der Waals surface area contributed by atoms with Crippen LogP contribution in [0.15, 0.2) is 60.8 Å². The van der Waals surface area contributed by atoms with Gasteiger partial charge in [-0.1, -0.05) is 44.5 Å². The van der Waals surface area contributed by atoms with Gasteiger partial charge in [-0.15, -0.1) is 0 Å². The summed E-state index contributed by atoms with van der Waals surface area (Å²) in [5.41, 5.74) is 1.67. The van der Waals surface area contributed by atoms with Crippen molar-refractivity contribution in [1.82, 2.24) is 19.7 Å². The zero-order valence-electron chi connectivity index (χ0n) is 29.3. The molecule has 1 saturated heterocycles. The Morgan fingerprint density at radius 3 is 2.65 bits per heavy atom. The van der Waals surface area contributed by atoms with Gasteiger partial charge in [0.2, 0.25) is 0 Å². The first-order valence-electron chi connectivity index (χ1n) is 17.4. The van der Waals surface area contributed by atoms with Crippen LogP contribution in [0, 0.1) is 23.0 Å². The smallest absolute Gasteiger partial charge is 0.309 e. The van der Waals surface area contributed by atoms with Crippen molar-refractivity contribution in [2.45, 2.75) is 64.7 Å². The standard InChI is InChI=1S/C39H42F2N4O5S/c1-38(2)14-6-15-39(3,26-8-5-7-24(20-26)19-25-12-17-49-36(25)46)37-43-35(45(4)44-37)30-21-27(9-10-31(30)40)50-34-29(13-18-51(47,48)23-38)28-11-16-42-33(28)22-32(34)41/h5,7-11,16,20-22,25,42H,6,12-15,17-19,23H2,1-4H3. The molecule has 4 heterocycles. The molecule has 12 heteroatoms. The van der Waals surface area contributed by atoms with Gasteiger partial charge in [-0.2, -0.15) is 5.10 Å². The molecule has 7 rings (SSSR count). The number of fused-ring (bicyclic) bond motifs is 8. The van der Waals surface area contributed by atoms with Crippen LogP contribution < -0.4 is 4.74 Å². The van der Waals surface area contributed by atoms with Gasteiger partial charge in [0.25, 0.3) is 0 Å². The second-order valence-electron chi connectivity index (χ2n) is 15.0. The summed E-state index contributed by atoms with van der Waals surface area (Å²) in [5.74, 6) is -1.03. The van der Waals surface area contributed by atoms with E-state index in [9.17, 15) is 13.2 Å². The molecule has 4 bridgehead atoms. The van der Waals surface area contributed by atoms with E-state index in [0.29, 0.717) is 61.0 Å². The van der Waals surface area contributed by atoms with Crippen LogP contribution in [-0.4, -0.2) is 52.2 Å². The number of H-pyrrole nitrogens is 1. The van der Waals surface area contributed by atoms with Crippen molar-refractivity contribution >= 4 is 26.7 Å². The Kier molecular flexibility index (Phi) is 9.02. The summed E-state index contributed by atoms with van der Waals surface area (Å²) < 4.78 is 71.5. The third-order valence-corrected chi connectivity index (χ3v) is 12.5. The molecule has 2 aromatic heterocycles. The number of halogens is 2. The molecule has 2 unspecified atom stereocenters. The Bertz CT molecular complexity index is 2250. The minimum atomic E-state index is -3.58. The first-order valence-corrected chi connectivity index (χ1v) is 19.2. The summed E-state index contributed by atoms with van der Waals surface area (Å²) in [4.78, 5) is 20.2. The Morgan fingerprint density at radius 2 is 1.86 bits per heavy atom. The van der Waals surface area contributed by atoms with Gasteiger partial charge >= 0.3 is 5.97 Å². The van der Waals surface area contributed by atoms with E-state index in [1.54, 1.807) is 19.3 Å². The molecular weight excluding hydrogens is 675 g/mol. The Morgan fingerprint density at radius 1 is 1.04 bits per heavy atom. The highest BCUT2D eigenvalue weighted by atomic mass is 32.2. The van der Waals surface area contributed by atoms with Crippen LogP contribution in [0.2, 0.25) is 0 Å². The molecule has 1 fully saturated rings. The minimum absolute atomic E-state index is 0.0353. The largest absolute Gasteiger partial charge is 0.465 e. The summed E-state index contributed by atoms with van der Waals surface area (Å²) in [6.07, 6.45) is 4.76. The van der Waals surface area contributed by atoms with E-state index < -0.39 is 32.3 Å². The number of aromatic amines is 1.